The van der Waals surface area contributed by atoms with E-state index in [4.69, 9.17) is 4.74 Å². The molecule has 106 valence electrons. The van der Waals surface area contributed by atoms with E-state index in [0.29, 0.717) is 18.9 Å². The van der Waals surface area contributed by atoms with Gasteiger partial charge in [0, 0.05) is 16.7 Å². The monoisotopic (exact) mass is 335 g/mol. The molecule has 4 heteroatoms. The molecule has 0 heterocycles. The maximum atomic E-state index is 9.67. The van der Waals surface area contributed by atoms with Crippen molar-refractivity contribution in [1.29, 1.82) is 0 Å². The predicted molar refractivity (Wildman–Crippen MR) is 85.5 cm³/mol. The largest absolute Gasteiger partial charge is 0.504 e. The molecule has 2 aromatic carbocycles. The molecule has 3 nitrogen and oxygen atoms in total. The van der Waals surface area contributed by atoms with Crippen molar-refractivity contribution in [2.24, 2.45) is 0 Å². The highest BCUT2D eigenvalue weighted by atomic mass is 79.9. The predicted octanol–water partition coefficient (Wildman–Crippen LogP) is 4.47. The maximum Gasteiger partial charge on any atom is 0.161 e. The Morgan fingerprint density at radius 2 is 2.00 bits per heavy atom. The molecule has 2 N–H and O–H groups in total. The van der Waals surface area contributed by atoms with Gasteiger partial charge < -0.3 is 15.2 Å². The second-order valence-electron chi connectivity index (χ2n) is 4.55. The van der Waals surface area contributed by atoms with Gasteiger partial charge in [-0.25, -0.2) is 0 Å². The van der Waals surface area contributed by atoms with E-state index in [-0.39, 0.29) is 5.75 Å². The highest BCUT2D eigenvalue weighted by Gasteiger charge is 2.04. The van der Waals surface area contributed by atoms with Gasteiger partial charge in [-0.15, -0.1) is 0 Å². The third kappa shape index (κ3) is 3.67. The fourth-order valence-corrected chi connectivity index (χ4v) is 2.15. The molecule has 0 atom stereocenters. The van der Waals surface area contributed by atoms with Gasteiger partial charge in [-0.2, -0.15) is 0 Å². The van der Waals surface area contributed by atoms with Crippen molar-refractivity contribution >= 4 is 21.6 Å². The summed E-state index contributed by atoms with van der Waals surface area (Å²) in [4.78, 5) is 0. The number of ether oxygens (including phenoxy) is 1. The lowest BCUT2D eigenvalue weighted by atomic mass is 10.2. The van der Waals surface area contributed by atoms with Crippen molar-refractivity contribution < 1.29 is 9.84 Å². The summed E-state index contributed by atoms with van der Waals surface area (Å²) in [6, 6.07) is 11.6. The first-order chi connectivity index (χ1) is 9.60. The van der Waals surface area contributed by atoms with Crippen LogP contribution >= 0.6 is 15.9 Å². The van der Waals surface area contributed by atoms with Crippen LogP contribution in [0.25, 0.3) is 0 Å². The first-order valence-corrected chi connectivity index (χ1v) is 7.34. The Labute approximate surface area is 127 Å². The molecule has 2 aromatic rings. The van der Waals surface area contributed by atoms with Crippen LogP contribution in [-0.2, 0) is 6.54 Å². The van der Waals surface area contributed by atoms with Gasteiger partial charge in [-0.05, 0) is 55.3 Å². The average molecular weight is 336 g/mol. The molecular weight excluding hydrogens is 318 g/mol. The number of anilines is 1. The van der Waals surface area contributed by atoms with Gasteiger partial charge >= 0.3 is 0 Å². The molecule has 0 saturated carbocycles. The zero-order chi connectivity index (χ0) is 14.5. The van der Waals surface area contributed by atoms with E-state index in [1.54, 1.807) is 6.07 Å². The first kappa shape index (κ1) is 14.7. The summed E-state index contributed by atoms with van der Waals surface area (Å²) >= 11 is 3.49. The molecule has 0 bridgehead atoms. The average Bonchev–Trinajstić information content (AvgIpc) is 2.43. The number of phenolic OH excluding ortho intramolecular Hbond substituents is 1. The first-order valence-electron chi connectivity index (χ1n) is 6.55. The van der Waals surface area contributed by atoms with Crippen LogP contribution in [0.15, 0.2) is 40.9 Å². The Bertz CT molecular complexity index is 599. The van der Waals surface area contributed by atoms with Crippen LogP contribution in [0.3, 0.4) is 0 Å². The molecule has 0 saturated heterocycles. The van der Waals surface area contributed by atoms with Crippen molar-refractivity contribution in [2.75, 3.05) is 11.9 Å². The molecule has 0 aromatic heterocycles. The number of rotatable bonds is 5. The molecule has 0 fully saturated rings. The van der Waals surface area contributed by atoms with Crippen molar-refractivity contribution in [3.8, 4) is 11.5 Å². The number of halogens is 1. The molecule has 0 aliphatic carbocycles. The zero-order valence-electron chi connectivity index (χ0n) is 11.6. The van der Waals surface area contributed by atoms with E-state index in [9.17, 15) is 5.11 Å². The van der Waals surface area contributed by atoms with Crippen molar-refractivity contribution in [3.63, 3.8) is 0 Å². The molecular formula is C16H18BrNO2. The number of nitrogens with one attached hydrogen (secondary N) is 1. The van der Waals surface area contributed by atoms with Gasteiger partial charge in [0.25, 0.3) is 0 Å². The van der Waals surface area contributed by atoms with E-state index >= 15 is 0 Å². The highest BCUT2D eigenvalue weighted by molar-refractivity contribution is 9.10. The third-order valence-corrected chi connectivity index (χ3v) is 3.87. The third-order valence-electron chi connectivity index (χ3n) is 2.98. The highest BCUT2D eigenvalue weighted by Crippen LogP contribution is 2.27. The maximum absolute atomic E-state index is 9.67. The van der Waals surface area contributed by atoms with Crippen LogP contribution in [-0.4, -0.2) is 11.7 Å². The van der Waals surface area contributed by atoms with E-state index in [1.165, 1.54) is 5.56 Å². The van der Waals surface area contributed by atoms with Crippen molar-refractivity contribution in [1.82, 2.24) is 0 Å². The molecule has 0 aliphatic heterocycles. The summed E-state index contributed by atoms with van der Waals surface area (Å²) in [5.41, 5.74) is 3.32. The Kier molecular flexibility index (Phi) is 4.90. The molecule has 0 aliphatic rings. The molecule has 2 rings (SSSR count). The van der Waals surface area contributed by atoms with Gasteiger partial charge in [0.05, 0.1) is 6.61 Å². The summed E-state index contributed by atoms with van der Waals surface area (Å²) in [5.74, 6) is 0.703. The molecule has 20 heavy (non-hydrogen) atoms. The standard InChI is InChI=1S/C16H18BrNO2/c1-3-20-16-9-12(4-7-15(16)19)10-18-13-5-6-14(17)11(2)8-13/h4-9,18-19H,3,10H2,1-2H3. The van der Waals surface area contributed by atoms with Crippen LogP contribution < -0.4 is 10.1 Å². The van der Waals surface area contributed by atoms with Gasteiger partial charge in [0.2, 0.25) is 0 Å². The summed E-state index contributed by atoms with van der Waals surface area (Å²) in [6.07, 6.45) is 0. The fraction of sp³-hybridized carbons (Fsp3) is 0.250. The second-order valence-corrected chi connectivity index (χ2v) is 5.41. The minimum absolute atomic E-state index is 0.176. The quantitative estimate of drug-likeness (QED) is 0.846. The van der Waals surface area contributed by atoms with Crippen LogP contribution in [0.5, 0.6) is 11.5 Å². The summed E-state index contributed by atoms with van der Waals surface area (Å²) in [6.45, 7) is 5.18. The molecule has 0 radical (unpaired) electrons. The van der Waals surface area contributed by atoms with Gasteiger partial charge in [0.15, 0.2) is 11.5 Å². The molecule has 0 amide bonds. The molecule has 0 unspecified atom stereocenters. The van der Waals surface area contributed by atoms with E-state index < -0.39 is 0 Å². The fourth-order valence-electron chi connectivity index (χ4n) is 1.90. The lowest BCUT2D eigenvalue weighted by Gasteiger charge is -2.11. The van der Waals surface area contributed by atoms with Crippen LogP contribution in [0.2, 0.25) is 0 Å². The number of hydrogen-bond donors (Lipinski definition) is 2. The number of aromatic hydroxyl groups is 1. The van der Waals surface area contributed by atoms with Crippen LogP contribution in [0.1, 0.15) is 18.1 Å². The lowest BCUT2D eigenvalue weighted by Crippen LogP contribution is -2.00. The minimum Gasteiger partial charge on any atom is -0.504 e. The normalized spacial score (nSPS) is 10.3. The topological polar surface area (TPSA) is 41.5 Å². The Balaban J connectivity index is 2.06. The summed E-state index contributed by atoms with van der Waals surface area (Å²) < 4.78 is 6.48. The second kappa shape index (κ2) is 6.66. The SMILES string of the molecule is CCOc1cc(CNc2ccc(Br)c(C)c2)ccc1O. The molecule has 0 spiro atoms. The van der Waals surface area contributed by atoms with Gasteiger partial charge in [0.1, 0.15) is 0 Å². The number of aryl methyl sites for hydroxylation is 1. The Morgan fingerprint density at radius 3 is 2.70 bits per heavy atom. The van der Waals surface area contributed by atoms with Gasteiger partial charge in [-0.3, -0.25) is 0 Å². The minimum atomic E-state index is 0.176. The summed E-state index contributed by atoms with van der Waals surface area (Å²) in [5, 5.41) is 13.0. The Hall–Kier alpha value is -1.68. The summed E-state index contributed by atoms with van der Waals surface area (Å²) in [7, 11) is 0. The zero-order valence-corrected chi connectivity index (χ0v) is 13.2. The smallest absolute Gasteiger partial charge is 0.161 e. The number of phenols is 1. The number of hydrogen-bond acceptors (Lipinski definition) is 3. The van der Waals surface area contributed by atoms with Gasteiger partial charge in [-0.1, -0.05) is 22.0 Å². The number of benzene rings is 2. The van der Waals surface area contributed by atoms with Crippen molar-refractivity contribution in [3.05, 3.63) is 52.0 Å². The van der Waals surface area contributed by atoms with Crippen LogP contribution in [0, 0.1) is 6.92 Å². The van der Waals surface area contributed by atoms with E-state index in [1.807, 2.05) is 31.2 Å². The lowest BCUT2D eigenvalue weighted by molar-refractivity contribution is 0.318. The van der Waals surface area contributed by atoms with E-state index in [0.717, 1.165) is 15.7 Å². The Morgan fingerprint density at radius 1 is 1.20 bits per heavy atom. The van der Waals surface area contributed by atoms with Crippen molar-refractivity contribution in [2.45, 2.75) is 20.4 Å². The van der Waals surface area contributed by atoms with E-state index in [2.05, 4.69) is 34.2 Å². The van der Waals surface area contributed by atoms with Crippen LogP contribution in [0.4, 0.5) is 5.69 Å².